The maximum atomic E-state index is 13.7. The first-order chi connectivity index (χ1) is 16.3. The van der Waals surface area contributed by atoms with Crippen LogP contribution in [0.3, 0.4) is 0 Å². The highest BCUT2D eigenvalue weighted by Crippen LogP contribution is 2.39. The number of hydrogen-bond acceptors (Lipinski definition) is 5. The molecule has 2 amide bonds. The van der Waals surface area contributed by atoms with E-state index < -0.39 is 16.1 Å². The van der Waals surface area contributed by atoms with Gasteiger partial charge in [-0.2, -0.15) is 4.31 Å². The second-order valence-corrected chi connectivity index (χ2v) is 11.0. The molecule has 2 heterocycles. The van der Waals surface area contributed by atoms with Crippen molar-refractivity contribution in [2.45, 2.75) is 31.7 Å². The first-order valence-electron chi connectivity index (χ1n) is 11.1. The molecule has 4 rings (SSSR count). The van der Waals surface area contributed by atoms with Crippen LogP contribution in [0.4, 0.5) is 5.69 Å². The van der Waals surface area contributed by atoms with E-state index in [4.69, 9.17) is 0 Å². The van der Waals surface area contributed by atoms with Gasteiger partial charge in [0.25, 0.3) is 5.91 Å². The first kappa shape index (κ1) is 24.1. The van der Waals surface area contributed by atoms with Crippen molar-refractivity contribution in [3.63, 3.8) is 0 Å². The van der Waals surface area contributed by atoms with Crippen LogP contribution in [0.2, 0.25) is 0 Å². The Balaban J connectivity index is 1.75. The maximum absolute atomic E-state index is 13.7. The van der Waals surface area contributed by atoms with E-state index in [-0.39, 0.29) is 23.3 Å². The minimum absolute atomic E-state index is 0.116. The maximum Gasteiger partial charge on any atom is 0.255 e. The van der Waals surface area contributed by atoms with Crippen LogP contribution in [0.5, 0.6) is 0 Å². The van der Waals surface area contributed by atoms with Crippen molar-refractivity contribution in [3.8, 4) is 0 Å². The van der Waals surface area contributed by atoms with Crippen LogP contribution < -0.4 is 5.32 Å². The minimum Gasteiger partial charge on any atom is -0.324 e. The number of anilines is 1. The average molecular weight is 498 g/mol. The predicted octanol–water partition coefficient (Wildman–Crippen LogP) is 4.27. The van der Waals surface area contributed by atoms with Gasteiger partial charge in [0, 0.05) is 34.8 Å². The molecule has 1 aromatic heterocycles. The van der Waals surface area contributed by atoms with Gasteiger partial charge in [0.15, 0.2) is 0 Å². The number of nitrogens with zero attached hydrogens (tertiary/aromatic N) is 2. The SMILES string of the molecule is CCN(CC)S(=O)(=O)c1ccc(C(=O)N2CC(=O)Nc3ccc(C)cc3C2c2cccs2)cc1. The van der Waals surface area contributed by atoms with Crippen LogP contribution in [0.15, 0.2) is 64.9 Å². The summed E-state index contributed by atoms with van der Waals surface area (Å²) in [5.41, 5.74) is 2.88. The second kappa shape index (κ2) is 9.69. The predicted molar refractivity (Wildman–Crippen MR) is 134 cm³/mol. The molecule has 1 unspecified atom stereocenters. The van der Waals surface area contributed by atoms with Crippen molar-refractivity contribution in [2.24, 2.45) is 0 Å². The van der Waals surface area contributed by atoms with E-state index in [1.165, 1.54) is 39.9 Å². The van der Waals surface area contributed by atoms with Crippen LogP contribution in [-0.2, 0) is 14.8 Å². The molecule has 9 heteroatoms. The third-order valence-electron chi connectivity index (χ3n) is 5.92. The van der Waals surface area contributed by atoms with Crippen LogP contribution in [0.1, 0.15) is 46.3 Å². The zero-order valence-electron chi connectivity index (χ0n) is 19.3. The number of fused-ring (bicyclic) bond motifs is 1. The van der Waals surface area contributed by atoms with Gasteiger partial charge in [-0.3, -0.25) is 9.59 Å². The highest BCUT2D eigenvalue weighted by atomic mass is 32.2. The lowest BCUT2D eigenvalue weighted by Gasteiger charge is -2.30. The van der Waals surface area contributed by atoms with E-state index >= 15 is 0 Å². The van der Waals surface area contributed by atoms with Crippen molar-refractivity contribution >= 4 is 38.9 Å². The lowest BCUT2D eigenvalue weighted by Crippen LogP contribution is -2.38. The summed E-state index contributed by atoms with van der Waals surface area (Å²) in [6, 6.07) is 15.2. The third kappa shape index (κ3) is 4.51. The zero-order chi connectivity index (χ0) is 24.5. The molecule has 2 aromatic carbocycles. The van der Waals surface area contributed by atoms with Crippen molar-refractivity contribution in [2.75, 3.05) is 25.0 Å². The summed E-state index contributed by atoms with van der Waals surface area (Å²) < 4.78 is 27.0. The molecule has 7 nitrogen and oxygen atoms in total. The second-order valence-electron chi connectivity index (χ2n) is 8.10. The molecule has 0 fully saturated rings. The van der Waals surface area contributed by atoms with Gasteiger partial charge in [0.05, 0.1) is 10.9 Å². The number of aryl methyl sites for hydroxylation is 1. The van der Waals surface area contributed by atoms with E-state index in [1.54, 1.807) is 18.7 Å². The lowest BCUT2D eigenvalue weighted by molar-refractivity contribution is -0.117. The van der Waals surface area contributed by atoms with Crippen LogP contribution in [0, 0.1) is 6.92 Å². The largest absolute Gasteiger partial charge is 0.324 e. The number of hydrogen-bond donors (Lipinski definition) is 1. The van der Waals surface area contributed by atoms with E-state index in [2.05, 4.69) is 5.32 Å². The normalized spacial score (nSPS) is 16.2. The number of carbonyl (C=O) groups excluding carboxylic acids is 2. The summed E-state index contributed by atoms with van der Waals surface area (Å²) in [5.74, 6) is -0.618. The van der Waals surface area contributed by atoms with Crippen LogP contribution in [-0.4, -0.2) is 49.1 Å². The Morgan fingerprint density at radius 2 is 1.82 bits per heavy atom. The number of carbonyl (C=O) groups is 2. The van der Waals surface area contributed by atoms with Crippen molar-refractivity contribution < 1.29 is 18.0 Å². The molecule has 1 aliphatic heterocycles. The summed E-state index contributed by atoms with van der Waals surface area (Å²) >= 11 is 1.52. The van der Waals surface area contributed by atoms with Gasteiger partial charge in [-0.1, -0.05) is 37.6 Å². The van der Waals surface area contributed by atoms with Crippen LogP contribution in [0.25, 0.3) is 0 Å². The number of rotatable bonds is 6. The number of nitrogens with one attached hydrogen (secondary N) is 1. The molecule has 0 aliphatic carbocycles. The molecule has 1 aliphatic rings. The van der Waals surface area contributed by atoms with Gasteiger partial charge in [-0.25, -0.2) is 8.42 Å². The van der Waals surface area contributed by atoms with Gasteiger partial charge in [0.2, 0.25) is 15.9 Å². The molecule has 0 bridgehead atoms. The molecule has 3 aromatic rings. The van der Waals surface area contributed by atoms with E-state index in [9.17, 15) is 18.0 Å². The minimum atomic E-state index is -3.63. The summed E-state index contributed by atoms with van der Waals surface area (Å²) in [4.78, 5) is 29.1. The summed E-state index contributed by atoms with van der Waals surface area (Å²) in [7, 11) is -3.63. The van der Waals surface area contributed by atoms with Gasteiger partial charge in [0.1, 0.15) is 6.54 Å². The van der Waals surface area contributed by atoms with E-state index in [0.29, 0.717) is 24.3 Å². The highest BCUT2D eigenvalue weighted by molar-refractivity contribution is 7.89. The average Bonchev–Trinajstić information content (AvgIpc) is 3.30. The highest BCUT2D eigenvalue weighted by Gasteiger charge is 2.34. The van der Waals surface area contributed by atoms with Crippen molar-refractivity contribution in [1.82, 2.24) is 9.21 Å². The lowest BCUT2D eigenvalue weighted by atomic mass is 9.99. The Labute approximate surface area is 204 Å². The third-order valence-corrected chi connectivity index (χ3v) is 8.91. The topological polar surface area (TPSA) is 86.8 Å². The number of thiophene rings is 1. The fourth-order valence-electron chi connectivity index (χ4n) is 4.22. The zero-order valence-corrected chi connectivity index (χ0v) is 20.9. The Hall–Kier alpha value is -3.01. The van der Waals surface area contributed by atoms with Gasteiger partial charge >= 0.3 is 0 Å². The molecular weight excluding hydrogens is 470 g/mol. The van der Waals surface area contributed by atoms with Crippen molar-refractivity contribution in [1.29, 1.82) is 0 Å². The molecule has 1 atom stereocenters. The number of benzene rings is 2. The molecule has 0 saturated heterocycles. The first-order valence-corrected chi connectivity index (χ1v) is 13.4. The monoisotopic (exact) mass is 497 g/mol. The van der Waals surface area contributed by atoms with Crippen LogP contribution >= 0.6 is 11.3 Å². The molecule has 34 heavy (non-hydrogen) atoms. The molecule has 178 valence electrons. The summed E-state index contributed by atoms with van der Waals surface area (Å²) in [6.45, 7) is 6.16. The standard InChI is InChI=1S/C25H27N3O4S2/c1-4-27(5-2)34(31,32)19-11-9-18(10-12-19)25(30)28-16-23(29)26-21-13-8-17(3)15-20(21)24(28)22-7-6-14-33-22/h6-15,24H,4-5,16H2,1-3H3,(H,26,29). The fraction of sp³-hybridized carbons (Fsp3) is 0.280. The fourth-order valence-corrected chi connectivity index (χ4v) is 6.53. The molecule has 0 saturated carbocycles. The van der Waals surface area contributed by atoms with Crippen molar-refractivity contribution in [3.05, 3.63) is 81.5 Å². The molecule has 0 radical (unpaired) electrons. The van der Waals surface area contributed by atoms with E-state index in [0.717, 1.165) is 16.0 Å². The number of amides is 2. The quantitative estimate of drug-likeness (QED) is 0.551. The van der Waals surface area contributed by atoms with Gasteiger partial charge < -0.3 is 10.2 Å². The Bertz CT molecular complexity index is 1300. The Morgan fingerprint density at radius 3 is 2.44 bits per heavy atom. The smallest absolute Gasteiger partial charge is 0.255 e. The molecule has 0 spiro atoms. The Kier molecular flexibility index (Phi) is 6.88. The Morgan fingerprint density at radius 1 is 1.12 bits per heavy atom. The summed E-state index contributed by atoms with van der Waals surface area (Å²) in [6.07, 6.45) is 0. The van der Waals surface area contributed by atoms with E-state index in [1.807, 2.05) is 42.6 Å². The molecular formula is C25H27N3O4S2. The summed E-state index contributed by atoms with van der Waals surface area (Å²) in [5, 5.41) is 4.86. The molecule has 1 N–H and O–H groups in total. The van der Waals surface area contributed by atoms with Gasteiger partial charge in [-0.05, 0) is 48.7 Å². The van der Waals surface area contributed by atoms with Gasteiger partial charge in [-0.15, -0.1) is 11.3 Å². The number of sulfonamides is 1.